The predicted molar refractivity (Wildman–Crippen MR) is 98.8 cm³/mol. The van der Waals surface area contributed by atoms with Crippen molar-refractivity contribution in [3.63, 3.8) is 0 Å². The van der Waals surface area contributed by atoms with Gasteiger partial charge >= 0.3 is 0 Å². The van der Waals surface area contributed by atoms with E-state index in [2.05, 4.69) is 61.2 Å². The largest absolute Gasteiger partial charge is 0.297 e. The Labute approximate surface area is 145 Å². The first-order valence-corrected chi connectivity index (χ1v) is 9.13. The van der Waals surface area contributed by atoms with Crippen LogP contribution in [0.25, 0.3) is 0 Å². The summed E-state index contributed by atoms with van der Waals surface area (Å²) < 4.78 is 14.0. The number of alkyl halides is 1. The first-order valence-electron chi connectivity index (χ1n) is 9.13. The fourth-order valence-corrected chi connectivity index (χ4v) is 3.19. The van der Waals surface area contributed by atoms with Crippen molar-refractivity contribution in [3.05, 3.63) is 71.3 Å². The van der Waals surface area contributed by atoms with Crippen molar-refractivity contribution >= 4 is 0 Å². The average molecular weight is 325 g/mol. The summed E-state index contributed by atoms with van der Waals surface area (Å²) in [5, 5.41) is 0. The van der Waals surface area contributed by atoms with Gasteiger partial charge in [0.1, 0.15) is 5.67 Å². The van der Waals surface area contributed by atoms with Crippen LogP contribution in [0.15, 0.2) is 54.6 Å². The van der Waals surface area contributed by atoms with Crippen molar-refractivity contribution in [2.45, 2.75) is 57.8 Å². The molecule has 1 saturated carbocycles. The van der Waals surface area contributed by atoms with Crippen molar-refractivity contribution < 1.29 is 4.39 Å². The minimum Gasteiger partial charge on any atom is -0.297 e. The van der Waals surface area contributed by atoms with Crippen molar-refractivity contribution in [1.29, 1.82) is 0 Å². The van der Waals surface area contributed by atoms with Crippen LogP contribution in [-0.4, -0.2) is 17.5 Å². The van der Waals surface area contributed by atoms with E-state index in [9.17, 15) is 4.39 Å². The van der Waals surface area contributed by atoms with E-state index in [0.717, 1.165) is 31.5 Å². The summed E-state index contributed by atoms with van der Waals surface area (Å²) >= 11 is 0. The molecule has 1 aliphatic carbocycles. The molecule has 24 heavy (non-hydrogen) atoms. The molecule has 0 heterocycles. The molecule has 0 bridgehead atoms. The normalized spacial score (nSPS) is 15.9. The molecule has 0 atom stereocenters. The Bertz CT molecular complexity index is 629. The summed E-state index contributed by atoms with van der Waals surface area (Å²) in [6.07, 6.45) is 3.56. The maximum absolute atomic E-state index is 14.0. The lowest BCUT2D eigenvalue weighted by atomic mass is 10.0. The minimum atomic E-state index is -1.01. The lowest BCUT2D eigenvalue weighted by molar-refractivity contribution is 0.210. The molecule has 1 nitrogen and oxygen atoms in total. The molecule has 0 radical (unpaired) electrons. The van der Waals surface area contributed by atoms with Gasteiger partial charge in [-0.05, 0) is 62.8 Å². The molecule has 0 saturated heterocycles. The average Bonchev–Trinajstić information content (AvgIpc) is 3.34. The zero-order chi connectivity index (χ0) is 17.0. The van der Waals surface area contributed by atoms with Gasteiger partial charge in [0.2, 0.25) is 0 Å². The SMILES string of the molecule is CC(C)N(CCCc1ccc(C2(F)CC2)cc1)Cc1ccccc1. The number of hydrogen-bond acceptors (Lipinski definition) is 1. The Morgan fingerprint density at radius 2 is 1.62 bits per heavy atom. The fourth-order valence-electron chi connectivity index (χ4n) is 3.19. The van der Waals surface area contributed by atoms with Crippen molar-refractivity contribution in [2.75, 3.05) is 6.54 Å². The van der Waals surface area contributed by atoms with E-state index < -0.39 is 5.67 Å². The van der Waals surface area contributed by atoms with Crippen LogP contribution in [0.2, 0.25) is 0 Å². The Morgan fingerprint density at radius 1 is 0.958 bits per heavy atom. The smallest absolute Gasteiger partial charge is 0.136 e. The van der Waals surface area contributed by atoms with Crippen molar-refractivity contribution in [1.82, 2.24) is 4.90 Å². The first kappa shape index (κ1) is 17.2. The lowest BCUT2D eigenvalue weighted by Crippen LogP contribution is -2.31. The van der Waals surface area contributed by atoms with Crippen LogP contribution >= 0.6 is 0 Å². The van der Waals surface area contributed by atoms with Gasteiger partial charge in [0.15, 0.2) is 0 Å². The topological polar surface area (TPSA) is 3.24 Å². The van der Waals surface area contributed by atoms with Gasteiger partial charge < -0.3 is 0 Å². The monoisotopic (exact) mass is 325 g/mol. The molecule has 0 spiro atoms. The summed E-state index contributed by atoms with van der Waals surface area (Å²) in [4.78, 5) is 2.52. The van der Waals surface area contributed by atoms with E-state index in [1.165, 1.54) is 11.1 Å². The van der Waals surface area contributed by atoms with Gasteiger partial charge in [0.25, 0.3) is 0 Å². The second kappa shape index (κ2) is 7.48. The molecule has 0 N–H and O–H groups in total. The van der Waals surface area contributed by atoms with E-state index in [-0.39, 0.29) is 0 Å². The van der Waals surface area contributed by atoms with Crippen molar-refractivity contribution in [3.8, 4) is 0 Å². The molecule has 0 amide bonds. The van der Waals surface area contributed by atoms with Gasteiger partial charge in [-0.15, -0.1) is 0 Å². The van der Waals surface area contributed by atoms with Crippen LogP contribution in [0.5, 0.6) is 0 Å². The maximum Gasteiger partial charge on any atom is 0.136 e. The molecule has 1 fully saturated rings. The van der Waals surface area contributed by atoms with Crippen LogP contribution in [0.1, 0.15) is 49.8 Å². The first-order chi connectivity index (χ1) is 11.6. The van der Waals surface area contributed by atoms with Crippen LogP contribution in [0, 0.1) is 0 Å². The molecule has 0 aliphatic heterocycles. The Kier molecular flexibility index (Phi) is 5.35. The molecule has 2 aromatic carbocycles. The number of benzene rings is 2. The molecule has 3 rings (SSSR count). The summed E-state index contributed by atoms with van der Waals surface area (Å²) in [6, 6.07) is 19.4. The quantitative estimate of drug-likeness (QED) is 0.620. The number of halogens is 1. The summed E-state index contributed by atoms with van der Waals surface area (Å²) in [6.45, 7) is 6.60. The van der Waals surface area contributed by atoms with E-state index in [0.29, 0.717) is 18.9 Å². The third-order valence-corrected chi connectivity index (χ3v) is 5.03. The van der Waals surface area contributed by atoms with Gasteiger partial charge in [-0.3, -0.25) is 4.90 Å². The zero-order valence-electron chi connectivity index (χ0n) is 14.8. The molecule has 128 valence electrons. The third kappa shape index (κ3) is 4.45. The van der Waals surface area contributed by atoms with E-state index in [4.69, 9.17) is 0 Å². The van der Waals surface area contributed by atoms with Crippen LogP contribution in [0.4, 0.5) is 4.39 Å². The van der Waals surface area contributed by atoms with Gasteiger partial charge in [-0.1, -0.05) is 54.6 Å². The molecule has 1 aliphatic rings. The molecule has 2 heteroatoms. The summed E-state index contributed by atoms with van der Waals surface area (Å²) in [5.41, 5.74) is 2.53. The van der Waals surface area contributed by atoms with Crippen LogP contribution < -0.4 is 0 Å². The minimum absolute atomic E-state index is 0.536. The molecule has 2 aromatic rings. The fraction of sp³-hybridized carbons (Fsp3) is 0.455. The van der Waals surface area contributed by atoms with Crippen LogP contribution in [-0.2, 0) is 18.6 Å². The molecule has 0 unspecified atom stereocenters. The number of aryl methyl sites for hydroxylation is 1. The van der Waals surface area contributed by atoms with Gasteiger partial charge in [-0.2, -0.15) is 0 Å². The zero-order valence-corrected chi connectivity index (χ0v) is 14.8. The standard InChI is InChI=1S/C22H28FN/c1-18(2)24(17-20-7-4-3-5-8-20)16-6-9-19-10-12-21(13-11-19)22(23)14-15-22/h3-5,7-8,10-13,18H,6,9,14-17H2,1-2H3. The lowest BCUT2D eigenvalue weighted by Gasteiger charge is -2.26. The van der Waals surface area contributed by atoms with Crippen LogP contribution in [0.3, 0.4) is 0 Å². The van der Waals surface area contributed by atoms with Gasteiger partial charge in [-0.25, -0.2) is 4.39 Å². The van der Waals surface area contributed by atoms with E-state index in [1.807, 2.05) is 12.1 Å². The third-order valence-electron chi connectivity index (χ3n) is 5.03. The highest BCUT2D eigenvalue weighted by Gasteiger charge is 2.44. The molecular formula is C22H28FN. The number of nitrogens with zero attached hydrogens (tertiary/aromatic N) is 1. The summed E-state index contributed by atoms with van der Waals surface area (Å²) in [5.74, 6) is 0. The highest BCUT2D eigenvalue weighted by atomic mass is 19.1. The van der Waals surface area contributed by atoms with E-state index in [1.54, 1.807) is 0 Å². The van der Waals surface area contributed by atoms with Gasteiger partial charge in [0, 0.05) is 12.6 Å². The second-order valence-corrected chi connectivity index (χ2v) is 7.32. The Hall–Kier alpha value is -1.67. The number of hydrogen-bond donors (Lipinski definition) is 0. The Morgan fingerprint density at radius 3 is 2.21 bits per heavy atom. The highest BCUT2D eigenvalue weighted by molar-refractivity contribution is 5.30. The second-order valence-electron chi connectivity index (χ2n) is 7.32. The Balaban J connectivity index is 1.50. The maximum atomic E-state index is 14.0. The van der Waals surface area contributed by atoms with Crippen molar-refractivity contribution in [2.24, 2.45) is 0 Å². The summed E-state index contributed by atoms with van der Waals surface area (Å²) in [7, 11) is 0. The predicted octanol–water partition coefficient (Wildman–Crippen LogP) is 5.49. The van der Waals surface area contributed by atoms with Gasteiger partial charge in [0.05, 0.1) is 0 Å². The molecular weight excluding hydrogens is 297 g/mol. The number of rotatable bonds is 8. The molecule has 0 aromatic heterocycles. The van der Waals surface area contributed by atoms with E-state index >= 15 is 0 Å². The highest BCUT2D eigenvalue weighted by Crippen LogP contribution is 2.49.